The predicted molar refractivity (Wildman–Crippen MR) is 98.0 cm³/mol. The van der Waals surface area contributed by atoms with E-state index < -0.39 is 17.6 Å². The predicted octanol–water partition coefficient (Wildman–Crippen LogP) is 4.45. The average Bonchev–Trinajstić information content (AvgIpc) is 2.58. The minimum absolute atomic E-state index is 0.00772. The van der Waals surface area contributed by atoms with Gasteiger partial charge in [0.05, 0.1) is 11.3 Å². The summed E-state index contributed by atoms with van der Waals surface area (Å²) in [5.74, 6) is -0.946. The molecular weight excluding hydrogens is 381 g/mol. The summed E-state index contributed by atoms with van der Waals surface area (Å²) in [5, 5.41) is 2.52. The van der Waals surface area contributed by atoms with Crippen molar-refractivity contribution in [2.45, 2.75) is 20.0 Å². The Morgan fingerprint density at radius 1 is 1.11 bits per heavy atom. The van der Waals surface area contributed by atoms with E-state index in [1.165, 1.54) is 6.07 Å². The summed E-state index contributed by atoms with van der Waals surface area (Å²) in [4.78, 5) is 25.0. The van der Waals surface area contributed by atoms with Crippen LogP contribution in [0.3, 0.4) is 0 Å². The van der Waals surface area contributed by atoms with Crippen molar-refractivity contribution in [1.82, 2.24) is 5.32 Å². The molecule has 0 saturated heterocycles. The summed E-state index contributed by atoms with van der Waals surface area (Å²) in [6, 6.07) is 10.1. The van der Waals surface area contributed by atoms with Gasteiger partial charge in [0.1, 0.15) is 0 Å². The van der Waals surface area contributed by atoms with E-state index in [0.29, 0.717) is 5.56 Å². The number of halogens is 4. The molecule has 27 heavy (non-hydrogen) atoms. The van der Waals surface area contributed by atoms with Crippen LogP contribution in [0.15, 0.2) is 42.5 Å². The minimum atomic E-state index is -4.67. The second-order valence-electron chi connectivity index (χ2n) is 5.95. The molecule has 2 amide bonds. The molecule has 1 N–H and O–H groups in total. The van der Waals surface area contributed by atoms with Crippen LogP contribution in [0, 0.1) is 6.92 Å². The van der Waals surface area contributed by atoms with Crippen molar-refractivity contribution in [1.29, 1.82) is 0 Å². The Balaban J connectivity index is 2.14. The van der Waals surface area contributed by atoms with Crippen LogP contribution in [-0.4, -0.2) is 24.9 Å². The van der Waals surface area contributed by atoms with Crippen LogP contribution in [0.1, 0.15) is 28.4 Å². The molecule has 0 saturated carbocycles. The largest absolute Gasteiger partial charge is 0.418 e. The van der Waals surface area contributed by atoms with Gasteiger partial charge < -0.3 is 10.2 Å². The number of alkyl halides is 3. The van der Waals surface area contributed by atoms with Crippen LogP contribution in [0.4, 0.5) is 18.9 Å². The number of nitrogens with one attached hydrogen (secondary N) is 1. The van der Waals surface area contributed by atoms with E-state index >= 15 is 0 Å². The number of hydrogen-bond donors (Lipinski definition) is 1. The van der Waals surface area contributed by atoms with Gasteiger partial charge in [0.2, 0.25) is 5.91 Å². The highest BCUT2D eigenvalue weighted by Crippen LogP contribution is 2.38. The molecule has 0 radical (unpaired) electrons. The van der Waals surface area contributed by atoms with Gasteiger partial charge in [-0.05, 0) is 37.3 Å². The summed E-state index contributed by atoms with van der Waals surface area (Å²) >= 11 is 5.67. The van der Waals surface area contributed by atoms with Gasteiger partial charge in [-0.15, -0.1) is 0 Å². The molecule has 0 aliphatic heterocycles. The van der Waals surface area contributed by atoms with E-state index in [1.54, 1.807) is 24.3 Å². The fourth-order valence-corrected chi connectivity index (χ4v) is 2.68. The van der Waals surface area contributed by atoms with E-state index in [1.807, 2.05) is 6.92 Å². The van der Waals surface area contributed by atoms with Crippen LogP contribution in [-0.2, 0) is 11.0 Å². The van der Waals surface area contributed by atoms with Crippen LogP contribution < -0.4 is 10.2 Å². The van der Waals surface area contributed by atoms with Gasteiger partial charge in [0, 0.05) is 30.6 Å². The van der Waals surface area contributed by atoms with Crippen molar-refractivity contribution >= 4 is 29.1 Å². The molecule has 0 aliphatic carbocycles. The van der Waals surface area contributed by atoms with Crippen molar-refractivity contribution in [3.05, 3.63) is 64.2 Å². The average molecular weight is 399 g/mol. The van der Waals surface area contributed by atoms with E-state index in [4.69, 9.17) is 11.6 Å². The van der Waals surface area contributed by atoms with Crippen LogP contribution in [0.5, 0.6) is 0 Å². The maximum Gasteiger partial charge on any atom is 0.418 e. The maximum atomic E-state index is 13.3. The Morgan fingerprint density at radius 3 is 2.30 bits per heavy atom. The third-order valence-corrected chi connectivity index (χ3v) is 4.10. The molecule has 144 valence electrons. The summed E-state index contributed by atoms with van der Waals surface area (Å²) < 4.78 is 39.9. The molecule has 0 fully saturated rings. The summed E-state index contributed by atoms with van der Waals surface area (Å²) in [7, 11) is 0. The lowest BCUT2D eigenvalue weighted by Crippen LogP contribution is -2.38. The lowest BCUT2D eigenvalue weighted by atomic mass is 10.1. The minimum Gasteiger partial charge on any atom is -0.350 e. The molecule has 0 bridgehead atoms. The number of hydrogen-bond acceptors (Lipinski definition) is 2. The topological polar surface area (TPSA) is 49.4 Å². The first kappa shape index (κ1) is 20.8. The third-order valence-electron chi connectivity index (χ3n) is 3.87. The molecule has 8 heteroatoms. The summed E-state index contributed by atoms with van der Waals surface area (Å²) in [6.07, 6.45) is -4.67. The fourth-order valence-electron chi connectivity index (χ4n) is 2.51. The molecule has 0 aromatic heterocycles. The normalized spacial score (nSPS) is 11.2. The molecule has 0 heterocycles. The Morgan fingerprint density at radius 2 is 1.74 bits per heavy atom. The molecule has 2 aromatic rings. The smallest absolute Gasteiger partial charge is 0.350 e. The first-order chi connectivity index (χ1) is 12.6. The van der Waals surface area contributed by atoms with Crippen molar-refractivity contribution in [3.63, 3.8) is 0 Å². The van der Waals surface area contributed by atoms with Gasteiger partial charge in [-0.1, -0.05) is 29.3 Å². The molecule has 0 spiro atoms. The zero-order valence-corrected chi connectivity index (χ0v) is 15.5. The first-order valence-corrected chi connectivity index (χ1v) is 8.47. The first-order valence-electron chi connectivity index (χ1n) is 8.09. The zero-order chi connectivity index (χ0) is 20.2. The molecule has 0 unspecified atom stereocenters. The van der Waals surface area contributed by atoms with Gasteiger partial charge in [0.25, 0.3) is 5.91 Å². The van der Waals surface area contributed by atoms with E-state index in [9.17, 15) is 22.8 Å². The second-order valence-corrected chi connectivity index (χ2v) is 6.39. The monoisotopic (exact) mass is 398 g/mol. The molecule has 0 atom stereocenters. The number of benzene rings is 2. The number of aryl methyl sites for hydroxylation is 1. The number of carbonyl (C=O) groups excluding carboxylic acids is 2. The number of nitrogens with zero attached hydrogens (tertiary/aromatic N) is 1. The second kappa shape index (κ2) is 8.43. The summed E-state index contributed by atoms with van der Waals surface area (Å²) in [6.45, 7) is 2.93. The van der Waals surface area contributed by atoms with Crippen LogP contribution in [0.25, 0.3) is 0 Å². The number of rotatable bonds is 5. The van der Waals surface area contributed by atoms with E-state index in [-0.39, 0.29) is 29.7 Å². The number of carbonyl (C=O) groups is 2. The highest BCUT2D eigenvalue weighted by Gasteiger charge is 2.35. The molecule has 4 nitrogen and oxygen atoms in total. The lowest BCUT2D eigenvalue weighted by molar-refractivity contribution is -0.137. The molecular formula is C19H18ClF3N2O2. The van der Waals surface area contributed by atoms with Gasteiger partial charge in [-0.25, -0.2) is 0 Å². The Hall–Kier alpha value is -2.54. The van der Waals surface area contributed by atoms with Gasteiger partial charge in [0.15, 0.2) is 0 Å². The lowest BCUT2D eigenvalue weighted by Gasteiger charge is -2.25. The van der Waals surface area contributed by atoms with Gasteiger partial charge in [-0.3, -0.25) is 9.59 Å². The Bertz CT molecular complexity index is 836. The molecule has 2 aromatic carbocycles. The van der Waals surface area contributed by atoms with Crippen molar-refractivity contribution in [2.75, 3.05) is 18.0 Å². The highest BCUT2D eigenvalue weighted by molar-refractivity contribution is 6.30. The maximum absolute atomic E-state index is 13.3. The summed E-state index contributed by atoms with van der Waals surface area (Å²) in [5.41, 5.74) is 0.119. The quantitative estimate of drug-likeness (QED) is 0.809. The SMILES string of the molecule is CC(=O)N(CCNC(=O)c1ccc(C)cc1)c1ccc(Cl)cc1C(F)(F)F. The number of amides is 2. The fraction of sp³-hybridized carbons (Fsp3) is 0.263. The van der Waals surface area contributed by atoms with Gasteiger partial charge in [-0.2, -0.15) is 13.2 Å². The van der Waals surface area contributed by atoms with Crippen LogP contribution in [0.2, 0.25) is 5.02 Å². The molecule has 0 aliphatic rings. The van der Waals surface area contributed by atoms with E-state index in [0.717, 1.165) is 29.5 Å². The van der Waals surface area contributed by atoms with Gasteiger partial charge >= 0.3 is 6.18 Å². The Kier molecular flexibility index (Phi) is 6.49. The number of anilines is 1. The highest BCUT2D eigenvalue weighted by atomic mass is 35.5. The van der Waals surface area contributed by atoms with Crippen molar-refractivity contribution < 1.29 is 22.8 Å². The third kappa shape index (κ3) is 5.47. The zero-order valence-electron chi connectivity index (χ0n) is 14.7. The van der Waals surface area contributed by atoms with E-state index in [2.05, 4.69) is 5.32 Å². The molecule has 2 rings (SSSR count). The van der Waals surface area contributed by atoms with Crippen molar-refractivity contribution in [2.24, 2.45) is 0 Å². The standard InChI is InChI=1S/C19H18ClF3N2O2/c1-12-3-5-14(6-4-12)18(27)24-9-10-25(13(2)26)17-8-7-15(20)11-16(17)19(21,22)23/h3-8,11H,9-10H2,1-2H3,(H,24,27). The Labute approximate surface area is 159 Å². The van der Waals surface area contributed by atoms with Crippen molar-refractivity contribution in [3.8, 4) is 0 Å². The van der Waals surface area contributed by atoms with Crippen LogP contribution >= 0.6 is 11.6 Å².